The zero-order valence-electron chi connectivity index (χ0n) is 8.14. The zero-order valence-corrected chi connectivity index (χ0v) is 8.90. The van der Waals surface area contributed by atoms with E-state index in [-0.39, 0.29) is 5.91 Å². The Morgan fingerprint density at radius 2 is 2.14 bits per heavy atom. The van der Waals surface area contributed by atoms with Crippen molar-refractivity contribution < 1.29 is 9.69 Å². The Morgan fingerprint density at radius 1 is 1.36 bits per heavy atom. The minimum atomic E-state index is 0.256. The van der Waals surface area contributed by atoms with Crippen LogP contribution >= 0.6 is 11.6 Å². The van der Waals surface area contributed by atoms with Gasteiger partial charge in [0.15, 0.2) is 0 Å². The number of hydrogen-bond acceptors (Lipinski definition) is 1. The first-order valence-electron chi connectivity index (χ1n) is 4.84. The first-order chi connectivity index (χ1) is 6.70. The fourth-order valence-electron chi connectivity index (χ4n) is 1.93. The van der Waals surface area contributed by atoms with E-state index < -0.39 is 0 Å². The highest BCUT2D eigenvalue weighted by Crippen LogP contribution is 2.25. The minimum Gasteiger partial charge on any atom is -0.242 e. The van der Waals surface area contributed by atoms with Crippen molar-refractivity contribution in [2.24, 2.45) is 0 Å². The van der Waals surface area contributed by atoms with E-state index in [4.69, 9.17) is 11.6 Å². The molecule has 0 fully saturated rings. The van der Waals surface area contributed by atoms with Crippen LogP contribution < -0.4 is 4.90 Å². The molecule has 74 valence electrons. The molecule has 0 radical (unpaired) electrons. The highest BCUT2D eigenvalue weighted by atomic mass is 35.5. The number of hydrogen-bond donors (Lipinski definition) is 1. The van der Waals surface area contributed by atoms with Crippen molar-refractivity contribution in [3.63, 3.8) is 0 Å². The summed E-state index contributed by atoms with van der Waals surface area (Å²) in [5.41, 5.74) is 2.18. The third kappa shape index (κ3) is 1.56. The Morgan fingerprint density at radius 3 is 2.93 bits per heavy atom. The molecule has 1 heterocycles. The average Bonchev–Trinajstić information content (AvgIpc) is 2.31. The van der Waals surface area contributed by atoms with Gasteiger partial charge in [-0.3, -0.25) is 0 Å². The second-order valence-electron chi connectivity index (χ2n) is 3.67. The van der Waals surface area contributed by atoms with Gasteiger partial charge in [-0.2, -0.15) is 0 Å². The van der Waals surface area contributed by atoms with Crippen LogP contribution in [0.4, 0.5) is 5.69 Å². The number of fused-ring (bicyclic) bond motifs is 1. The average molecular weight is 211 g/mol. The molecule has 1 unspecified atom stereocenters. The van der Waals surface area contributed by atoms with Gasteiger partial charge in [-0.05, 0) is 25.0 Å². The Bertz CT molecular complexity index is 376. The number of halogens is 1. The van der Waals surface area contributed by atoms with Gasteiger partial charge in [0.2, 0.25) is 0 Å². The van der Waals surface area contributed by atoms with Gasteiger partial charge in [0.05, 0.1) is 13.5 Å². The monoisotopic (exact) mass is 210 g/mol. The maximum Gasteiger partial charge on any atom is 0.316 e. The van der Waals surface area contributed by atoms with Crippen molar-refractivity contribution in [3.05, 3.63) is 28.8 Å². The van der Waals surface area contributed by atoms with Crippen LogP contribution in [0.5, 0.6) is 0 Å². The van der Waals surface area contributed by atoms with Gasteiger partial charge in [-0.15, -0.1) is 0 Å². The van der Waals surface area contributed by atoms with E-state index in [2.05, 4.69) is 0 Å². The second kappa shape index (κ2) is 3.71. The summed E-state index contributed by atoms with van der Waals surface area (Å²) >= 11 is 6.10. The van der Waals surface area contributed by atoms with Crippen molar-refractivity contribution in [2.45, 2.75) is 19.3 Å². The lowest BCUT2D eigenvalue weighted by atomic mass is 10.1. The molecule has 0 spiro atoms. The lowest BCUT2D eigenvalue weighted by molar-refractivity contribution is -0.724. The quantitative estimate of drug-likeness (QED) is 0.686. The van der Waals surface area contributed by atoms with Crippen LogP contribution in [0.25, 0.3) is 0 Å². The predicted octanol–water partition coefficient (Wildman–Crippen LogP) is 1.35. The van der Waals surface area contributed by atoms with Crippen molar-refractivity contribution >= 4 is 23.2 Å². The molecule has 0 saturated heterocycles. The van der Waals surface area contributed by atoms with Gasteiger partial charge in [0.1, 0.15) is 5.69 Å². The van der Waals surface area contributed by atoms with Crippen molar-refractivity contribution in [2.75, 3.05) is 7.05 Å². The molecular weight excluding hydrogens is 198 g/mol. The summed E-state index contributed by atoms with van der Waals surface area (Å²) < 4.78 is 0. The number of carbonyl (C=O) groups is 1. The molecule has 0 aromatic heterocycles. The molecule has 2 rings (SSSR count). The highest BCUT2D eigenvalue weighted by molar-refractivity contribution is 6.31. The largest absolute Gasteiger partial charge is 0.316 e. The van der Waals surface area contributed by atoms with Crippen LogP contribution in [0.2, 0.25) is 5.02 Å². The van der Waals surface area contributed by atoms with Gasteiger partial charge < -0.3 is 0 Å². The summed E-state index contributed by atoms with van der Waals surface area (Å²) in [4.78, 5) is 12.5. The molecule has 0 bridgehead atoms. The molecule has 0 saturated carbocycles. The molecule has 1 atom stereocenters. The zero-order chi connectivity index (χ0) is 10.1. The van der Waals surface area contributed by atoms with E-state index in [1.54, 1.807) is 0 Å². The number of amides is 1. The van der Waals surface area contributed by atoms with E-state index in [1.165, 1.54) is 0 Å². The maximum absolute atomic E-state index is 11.6. The van der Waals surface area contributed by atoms with E-state index >= 15 is 0 Å². The molecular formula is C11H13ClNO+. The van der Waals surface area contributed by atoms with Crippen LogP contribution in [-0.4, -0.2) is 13.0 Å². The van der Waals surface area contributed by atoms with Crippen LogP contribution in [0.15, 0.2) is 18.2 Å². The summed E-state index contributed by atoms with van der Waals surface area (Å²) in [6, 6.07) is 5.78. The minimum absolute atomic E-state index is 0.256. The van der Waals surface area contributed by atoms with Gasteiger partial charge >= 0.3 is 5.91 Å². The molecule has 1 aliphatic rings. The third-order valence-corrected chi connectivity index (χ3v) is 3.13. The standard InChI is InChI=1S/C11H12ClNO/c1-13-10-6-3-5-9(12)8(10)4-2-7-11(13)14/h3,5-6H,2,4,7H2,1H3/p+1. The molecule has 14 heavy (non-hydrogen) atoms. The smallest absolute Gasteiger partial charge is 0.242 e. The van der Waals surface area contributed by atoms with Crippen molar-refractivity contribution in [1.29, 1.82) is 0 Å². The van der Waals surface area contributed by atoms with Gasteiger partial charge in [0, 0.05) is 10.6 Å². The number of benzene rings is 1. The third-order valence-electron chi connectivity index (χ3n) is 2.77. The van der Waals surface area contributed by atoms with E-state index in [0.29, 0.717) is 6.42 Å². The molecule has 1 N–H and O–H groups in total. The normalized spacial score (nSPS) is 21.6. The van der Waals surface area contributed by atoms with Crippen molar-refractivity contribution in [1.82, 2.24) is 0 Å². The molecule has 1 aliphatic heterocycles. The topological polar surface area (TPSA) is 21.5 Å². The molecule has 1 amide bonds. The Hall–Kier alpha value is -0.860. The van der Waals surface area contributed by atoms with E-state index in [9.17, 15) is 4.79 Å². The van der Waals surface area contributed by atoms with E-state index in [0.717, 1.165) is 34.0 Å². The van der Waals surface area contributed by atoms with Crippen LogP contribution in [-0.2, 0) is 11.2 Å². The Kier molecular flexibility index (Phi) is 2.57. The summed E-state index contributed by atoms with van der Waals surface area (Å²) in [6.45, 7) is 0. The second-order valence-corrected chi connectivity index (χ2v) is 4.07. The fraction of sp³-hybridized carbons (Fsp3) is 0.364. The van der Waals surface area contributed by atoms with Crippen molar-refractivity contribution in [3.8, 4) is 0 Å². The summed E-state index contributed by atoms with van der Waals surface area (Å²) in [7, 11) is 1.89. The first kappa shape index (κ1) is 9.69. The van der Waals surface area contributed by atoms with Gasteiger partial charge in [-0.25, -0.2) is 9.69 Å². The van der Waals surface area contributed by atoms with Gasteiger partial charge in [0.25, 0.3) is 0 Å². The lowest BCUT2D eigenvalue weighted by Gasteiger charge is -2.11. The number of carbonyl (C=O) groups excluding carboxylic acids is 1. The lowest BCUT2D eigenvalue weighted by Crippen LogP contribution is -3.06. The number of rotatable bonds is 0. The van der Waals surface area contributed by atoms with Crippen LogP contribution in [0.1, 0.15) is 18.4 Å². The molecule has 0 aliphatic carbocycles. The molecule has 3 heteroatoms. The summed E-state index contributed by atoms with van der Waals surface area (Å²) in [5.74, 6) is 0.256. The molecule has 1 aromatic rings. The number of quaternary nitrogens is 1. The summed E-state index contributed by atoms with van der Waals surface area (Å²) in [6.07, 6.45) is 2.47. The molecule has 1 aromatic carbocycles. The fourth-order valence-corrected chi connectivity index (χ4v) is 2.20. The first-order valence-corrected chi connectivity index (χ1v) is 5.22. The maximum atomic E-state index is 11.6. The van der Waals surface area contributed by atoms with Crippen LogP contribution in [0, 0.1) is 0 Å². The predicted molar refractivity (Wildman–Crippen MR) is 55.9 cm³/mol. The highest BCUT2D eigenvalue weighted by Gasteiger charge is 2.25. The SMILES string of the molecule is C[NH+]1C(=O)CCCc2c(Cl)cccc21. The number of nitrogens with one attached hydrogen (secondary N) is 1. The van der Waals surface area contributed by atoms with E-state index in [1.807, 2.05) is 25.2 Å². The molecule has 2 nitrogen and oxygen atoms in total. The Balaban J connectivity index is 2.53. The van der Waals surface area contributed by atoms with Crippen LogP contribution in [0.3, 0.4) is 0 Å². The summed E-state index contributed by atoms with van der Waals surface area (Å²) in [5, 5.41) is 0.788. The Labute approximate surface area is 88.5 Å². The van der Waals surface area contributed by atoms with Gasteiger partial charge in [-0.1, -0.05) is 17.7 Å².